The Bertz CT molecular complexity index is 494. The van der Waals surface area contributed by atoms with Crippen LogP contribution in [-0.4, -0.2) is 42.7 Å². The molecule has 0 saturated carbocycles. The Hall–Kier alpha value is -1.75. The van der Waals surface area contributed by atoms with Crippen LogP contribution in [-0.2, 0) is 0 Å². The molecule has 0 aromatic heterocycles. The van der Waals surface area contributed by atoms with Gasteiger partial charge in [-0.1, -0.05) is 6.92 Å². The third-order valence-electron chi connectivity index (χ3n) is 4.20. The van der Waals surface area contributed by atoms with Gasteiger partial charge in [0.1, 0.15) is 0 Å². The highest BCUT2D eigenvalue weighted by molar-refractivity contribution is 5.90. The number of carbonyl (C=O) groups is 1. The van der Waals surface area contributed by atoms with Crippen molar-refractivity contribution in [1.82, 2.24) is 4.90 Å². The molecule has 110 valence electrons. The van der Waals surface area contributed by atoms with Crippen LogP contribution in [0.1, 0.15) is 30.1 Å². The van der Waals surface area contributed by atoms with E-state index in [2.05, 4.69) is 24.2 Å². The second-order valence-corrected chi connectivity index (χ2v) is 6.07. The van der Waals surface area contributed by atoms with Crippen molar-refractivity contribution in [1.29, 1.82) is 0 Å². The number of hydrogen-bond donors (Lipinski definition) is 3. The number of rotatable bonds is 4. The Balaban J connectivity index is 1.99. The maximum atomic E-state index is 10.9. The van der Waals surface area contributed by atoms with Crippen molar-refractivity contribution in [3.05, 3.63) is 23.8 Å². The number of nitrogens with zero attached hydrogens (tertiary/aromatic N) is 1. The molecule has 1 saturated heterocycles. The predicted molar refractivity (Wildman–Crippen MR) is 81.1 cm³/mol. The van der Waals surface area contributed by atoms with Crippen molar-refractivity contribution in [2.45, 2.75) is 19.8 Å². The molecule has 1 heterocycles. The van der Waals surface area contributed by atoms with E-state index in [0.29, 0.717) is 5.69 Å². The van der Waals surface area contributed by atoms with Gasteiger partial charge in [0, 0.05) is 6.54 Å². The Morgan fingerprint density at radius 1 is 1.45 bits per heavy atom. The van der Waals surface area contributed by atoms with Crippen molar-refractivity contribution in [3.8, 4) is 0 Å². The molecule has 5 nitrogen and oxygen atoms in total. The SMILES string of the molecule is CN1CCC(C)(CNc2ccc(C(=O)O)cc2N)CC1. The summed E-state index contributed by atoms with van der Waals surface area (Å²) >= 11 is 0. The summed E-state index contributed by atoms with van der Waals surface area (Å²) in [6.45, 7) is 5.38. The van der Waals surface area contributed by atoms with Crippen molar-refractivity contribution in [2.75, 3.05) is 37.7 Å². The van der Waals surface area contributed by atoms with Crippen LogP contribution >= 0.6 is 0 Å². The molecule has 0 spiro atoms. The van der Waals surface area contributed by atoms with Crippen LogP contribution in [0.25, 0.3) is 0 Å². The molecule has 1 aromatic rings. The first-order valence-corrected chi connectivity index (χ1v) is 6.95. The van der Waals surface area contributed by atoms with Crippen molar-refractivity contribution < 1.29 is 9.90 Å². The smallest absolute Gasteiger partial charge is 0.335 e. The number of piperidine rings is 1. The summed E-state index contributed by atoms with van der Waals surface area (Å²) in [7, 11) is 2.15. The molecule has 0 amide bonds. The van der Waals surface area contributed by atoms with Gasteiger partial charge in [0.2, 0.25) is 0 Å². The summed E-state index contributed by atoms with van der Waals surface area (Å²) < 4.78 is 0. The number of likely N-dealkylation sites (tertiary alicyclic amines) is 1. The number of benzene rings is 1. The quantitative estimate of drug-likeness (QED) is 0.735. The van der Waals surface area contributed by atoms with E-state index in [-0.39, 0.29) is 11.0 Å². The standard InChI is InChI=1S/C15H23N3O2/c1-15(5-7-18(2)8-6-15)10-17-13-4-3-11(14(19)20)9-12(13)16/h3-4,9,17H,5-8,10,16H2,1-2H3,(H,19,20). The zero-order chi connectivity index (χ0) is 14.8. The fourth-order valence-electron chi connectivity index (χ4n) is 2.50. The topological polar surface area (TPSA) is 78.6 Å². The first kappa shape index (κ1) is 14.7. The van der Waals surface area contributed by atoms with Gasteiger partial charge in [0.25, 0.3) is 0 Å². The number of carboxylic acid groups (broad SMARTS) is 1. The monoisotopic (exact) mass is 277 g/mol. The summed E-state index contributed by atoms with van der Waals surface area (Å²) in [5.74, 6) is -0.953. The molecule has 1 aliphatic rings. The fraction of sp³-hybridized carbons (Fsp3) is 0.533. The minimum Gasteiger partial charge on any atom is -0.478 e. The molecule has 0 aliphatic carbocycles. The normalized spacial score (nSPS) is 18.7. The average Bonchev–Trinajstić information content (AvgIpc) is 2.41. The summed E-state index contributed by atoms with van der Waals surface area (Å²) in [5, 5.41) is 12.3. The number of hydrogen-bond acceptors (Lipinski definition) is 4. The fourth-order valence-corrected chi connectivity index (χ4v) is 2.50. The number of anilines is 2. The first-order valence-electron chi connectivity index (χ1n) is 6.95. The molecular weight excluding hydrogens is 254 g/mol. The van der Waals surface area contributed by atoms with E-state index in [1.807, 2.05) is 0 Å². The van der Waals surface area contributed by atoms with Gasteiger partial charge in [-0.3, -0.25) is 0 Å². The third kappa shape index (κ3) is 3.42. The summed E-state index contributed by atoms with van der Waals surface area (Å²) in [5.41, 5.74) is 7.70. The van der Waals surface area contributed by atoms with Crippen molar-refractivity contribution >= 4 is 17.3 Å². The lowest BCUT2D eigenvalue weighted by atomic mass is 9.80. The van der Waals surface area contributed by atoms with E-state index in [0.717, 1.165) is 38.2 Å². The number of nitrogens with two attached hydrogens (primary N) is 1. The van der Waals surface area contributed by atoms with Gasteiger partial charge in [-0.2, -0.15) is 0 Å². The number of nitrogens with one attached hydrogen (secondary N) is 1. The molecule has 0 atom stereocenters. The van der Waals surface area contributed by atoms with Crippen LogP contribution in [0.3, 0.4) is 0 Å². The first-order chi connectivity index (χ1) is 9.39. The highest BCUT2D eigenvalue weighted by Crippen LogP contribution is 2.31. The van der Waals surface area contributed by atoms with Crippen LogP contribution < -0.4 is 11.1 Å². The van der Waals surface area contributed by atoms with Crippen molar-refractivity contribution in [2.24, 2.45) is 5.41 Å². The van der Waals surface area contributed by atoms with Crippen molar-refractivity contribution in [3.63, 3.8) is 0 Å². The van der Waals surface area contributed by atoms with E-state index in [4.69, 9.17) is 10.8 Å². The lowest BCUT2D eigenvalue weighted by Gasteiger charge is -2.38. The zero-order valence-electron chi connectivity index (χ0n) is 12.1. The van der Waals surface area contributed by atoms with Crippen LogP contribution in [0.15, 0.2) is 18.2 Å². The molecule has 4 N–H and O–H groups in total. The molecule has 0 unspecified atom stereocenters. The molecule has 5 heteroatoms. The van der Waals surface area contributed by atoms with Gasteiger partial charge >= 0.3 is 5.97 Å². The van der Waals surface area contributed by atoms with E-state index in [1.54, 1.807) is 12.1 Å². The second-order valence-electron chi connectivity index (χ2n) is 6.07. The highest BCUT2D eigenvalue weighted by Gasteiger charge is 2.28. The lowest BCUT2D eigenvalue weighted by molar-refractivity contribution is 0.0697. The molecule has 1 aliphatic heterocycles. The van der Waals surface area contributed by atoms with Gasteiger partial charge < -0.3 is 21.1 Å². The Morgan fingerprint density at radius 2 is 2.10 bits per heavy atom. The van der Waals surface area contributed by atoms with Gasteiger partial charge in [0.05, 0.1) is 16.9 Å². The van der Waals surface area contributed by atoms with E-state index >= 15 is 0 Å². The van der Waals surface area contributed by atoms with Gasteiger partial charge in [-0.15, -0.1) is 0 Å². The molecular formula is C15H23N3O2. The Kier molecular flexibility index (Phi) is 4.18. The second kappa shape index (κ2) is 5.71. The molecule has 2 rings (SSSR count). The third-order valence-corrected chi connectivity index (χ3v) is 4.20. The minimum atomic E-state index is -0.953. The Morgan fingerprint density at radius 3 is 2.65 bits per heavy atom. The summed E-state index contributed by atoms with van der Waals surface area (Å²) in [6.07, 6.45) is 2.31. The van der Waals surface area contributed by atoms with E-state index in [9.17, 15) is 4.79 Å². The van der Waals surface area contributed by atoms with Crippen LogP contribution in [0.5, 0.6) is 0 Å². The number of nitrogen functional groups attached to an aromatic ring is 1. The van der Waals surface area contributed by atoms with Crippen LogP contribution in [0.2, 0.25) is 0 Å². The summed E-state index contributed by atoms with van der Waals surface area (Å²) in [4.78, 5) is 13.2. The molecule has 1 aromatic carbocycles. The van der Waals surface area contributed by atoms with Crippen LogP contribution in [0, 0.1) is 5.41 Å². The van der Waals surface area contributed by atoms with E-state index in [1.165, 1.54) is 6.07 Å². The largest absolute Gasteiger partial charge is 0.478 e. The average molecular weight is 277 g/mol. The maximum Gasteiger partial charge on any atom is 0.335 e. The minimum absolute atomic E-state index is 0.221. The van der Waals surface area contributed by atoms with Crippen LogP contribution in [0.4, 0.5) is 11.4 Å². The number of carboxylic acids is 1. The molecule has 0 bridgehead atoms. The summed E-state index contributed by atoms with van der Waals surface area (Å²) in [6, 6.07) is 4.83. The number of aromatic carboxylic acids is 1. The Labute approximate surface area is 119 Å². The maximum absolute atomic E-state index is 10.9. The molecule has 20 heavy (non-hydrogen) atoms. The van der Waals surface area contributed by atoms with Gasteiger partial charge in [0.15, 0.2) is 0 Å². The van der Waals surface area contributed by atoms with Gasteiger partial charge in [-0.05, 0) is 56.6 Å². The molecule has 1 fully saturated rings. The lowest BCUT2D eigenvalue weighted by Crippen LogP contribution is -2.40. The zero-order valence-corrected chi connectivity index (χ0v) is 12.1. The predicted octanol–water partition coefficient (Wildman–Crippen LogP) is 2.11. The van der Waals surface area contributed by atoms with E-state index < -0.39 is 5.97 Å². The molecule has 0 radical (unpaired) electrons. The van der Waals surface area contributed by atoms with Gasteiger partial charge in [-0.25, -0.2) is 4.79 Å². The highest BCUT2D eigenvalue weighted by atomic mass is 16.4.